The van der Waals surface area contributed by atoms with Crippen LogP contribution >= 0.6 is 0 Å². The molecule has 3 amide bonds. The van der Waals surface area contributed by atoms with E-state index >= 15 is 0 Å². The summed E-state index contributed by atoms with van der Waals surface area (Å²) in [5.41, 5.74) is -0.383. The first-order valence-corrected chi connectivity index (χ1v) is 9.51. The van der Waals surface area contributed by atoms with Gasteiger partial charge in [0.25, 0.3) is 0 Å². The Morgan fingerprint density at radius 1 is 0.821 bits per heavy atom. The molecule has 0 aromatic rings. The highest BCUT2D eigenvalue weighted by molar-refractivity contribution is 5.88. The molecule has 0 aliphatic carbocycles. The van der Waals surface area contributed by atoms with Crippen LogP contribution in [0.15, 0.2) is 38.0 Å². The fourth-order valence-electron chi connectivity index (χ4n) is 3.13. The summed E-state index contributed by atoms with van der Waals surface area (Å²) in [7, 11) is 0. The van der Waals surface area contributed by atoms with E-state index in [9.17, 15) is 14.4 Å². The zero-order valence-electron chi connectivity index (χ0n) is 18.2. The SMILES string of the molecule is C=CC(=O)NCC(C(NC(=O)C=C)C(CC(C)(C)C)NC(=O)C=C)C(C)(C)C. The molecule has 0 saturated carbocycles. The van der Waals surface area contributed by atoms with Crippen LogP contribution in [0.1, 0.15) is 48.0 Å². The third kappa shape index (κ3) is 9.53. The predicted octanol–water partition coefficient (Wildman–Crippen LogP) is 2.73. The molecule has 0 fully saturated rings. The molecule has 0 saturated heterocycles. The Bertz CT molecular complexity index is 597. The maximum Gasteiger partial charge on any atom is 0.243 e. The van der Waals surface area contributed by atoms with Crippen LogP contribution in [-0.2, 0) is 14.4 Å². The summed E-state index contributed by atoms with van der Waals surface area (Å²) < 4.78 is 0. The van der Waals surface area contributed by atoms with Crippen LogP contribution in [0.3, 0.4) is 0 Å². The van der Waals surface area contributed by atoms with Crippen molar-refractivity contribution >= 4 is 17.7 Å². The van der Waals surface area contributed by atoms with Crippen molar-refractivity contribution in [2.45, 2.75) is 60.0 Å². The molecule has 0 radical (unpaired) electrons. The number of nitrogens with one attached hydrogen (secondary N) is 3. The van der Waals surface area contributed by atoms with Crippen LogP contribution in [0.2, 0.25) is 0 Å². The normalized spacial score (nSPS) is 14.8. The first-order chi connectivity index (χ1) is 12.7. The van der Waals surface area contributed by atoms with Gasteiger partial charge in [0.05, 0.1) is 12.1 Å². The molecule has 0 spiro atoms. The van der Waals surface area contributed by atoms with E-state index in [4.69, 9.17) is 0 Å². The molecule has 0 aliphatic rings. The van der Waals surface area contributed by atoms with Crippen LogP contribution in [0.4, 0.5) is 0 Å². The smallest absolute Gasteiger partial charge is 0.243 e. The number of amides is 3. The highest BCUT2D eigenvalue weighted by Gasteiger charge is 2.39. The van der Waals surface area contributed by atoms with Crippen molar-refractivity contribution in [2.24, 2.45) is 16.7 Å². The molecular weight excluding hydrogens is 354 g/mol. The highest BCUT2D eigenvalue weighted by atomic mass is 16.2. The average molecular weight is 392 g/mol. The van der Waals surface area contributed by atoms with Crippen molar-refractivity contribution in [3.05, 3.63) is 38.0 Å². The molecule has 0 aromatic heterocycles. The minimum atomic E-state index is -0.432. The number of carbonyl (C=O) groups is 3. The van der Waals surface area contributed by atoms with E-state index in [0.717, 1.165) is 0 Å². The van der Waals surface area contributed by atoms with Crippen molar-refractivity contribution < 1.29 is 14.4 Å². The third-order valence-electron chi connectivity index (χ3n) is 4.50. The molecule has 0 aromatic carbocycles. The quantitative estimate of drug-likeness (QED) is 0.500. The van der Waals surface area contributed by atoms with Gasteiger partial charge in [0.15, 0.2) is 0 Å². The molecule has 3 unspecified atom stereocenters. The number of carbonyl (C=O) groups excluding carboxylic acids is 3. The second-order valence-electron chi connectivity index (χ2n) is 9.24. The van der Waals surface area contributed by atoms with Crippen LogP contribution in [0.25, 0.3) is 0 Å². The molecule has 3 atom stereocenters. The number of hydrogen-bond acceptors (Lipinski definition) is 3. The van der Waals surface area contributed by atoms with Gasteiger partial charge in [-0.05, 0) is 35.5 Å². The van der Waals surface area contributed by atoms with Crippen molar-refractivity contribution in [3.8, 4) is 0 Å². The molecular formula is C22H37N3O3. The van der Waals surface area contributed by atoms with E-state index in [2.05, 4.69) is 56.5 Å². The van der Waals surface area contributed by atoms with Gasteiger partial charge >= 0.3 is 0 Å². The summed E-state index contributed by atoms with van der Waals surface area (Å²) in [6, 6.07) is -0.794. The van der Waals surface area contributed by atoms with Crippen LogP contribution in [0, 0.1) is 16.7 Å². The number of rotatable bonds is 10. The summed E-state index contributed by atoms with van der Waals surface area (Å²) in [5.74, 6) is -1.10. The second-order valence-corrected chi connectivity index (χ2v) is 9.24. The zero-order chi connectivity index (χ0) is 22.1. The molecule has 0 heterocycles. The predicted molar refractivity (Wildman–Crippen MR) is 114 cm³/mol. The molecule has 0 bridgehead atoms. The van der Waals surface area contributed by atoms with Crippen LogP contribution < -0.4 is 16.0 Å². The van der Waals surface area contributed by atoms with E-state index in [1.807, 2.05) is 20.8 Å². The Morgan fingerprint density at radius 3 is 1.68 bits per heavy atom. The Hall–Kier alpha value is -2.37. The van der Waals surface area contributed by atoms with E-state index in [0.29, 0.717) is 13.0 Å². The maximum atomic E-state index is 12.2. The van der Waals surface area contributed by atoms with Gasteiger partial charge in [0.2, 0.25) is 17.7 Å². The maximum absolute atomic E-state index is 12.2. The first-order valence-electron chi connectivity index (χ1n) is 9.51. The van der Waals surface area contributed by atoms with Gasteiger partial charge in [-0.1, -0.05) is 61.3 Å². The summed E-state index contributed by atoms with van der Waals surface area (Å²) in [5, 5.41) is 8.78. The summed E-state index contributed by atoms with van der Waals surface area (Å²) >= 11 is 0. The summed E-state index contributed by atoms with van der Waals surface area (Å²) in [6.45, 7) is 23.2. The molecule has 6 heteroatoms. The lowest BCUT2D eigenvalue weighted by molar-refractivity contribution is -0.121. The van der Waals surface area contributed by atoms with E-state index < -0.39 is 6.04 Å². The third-order valence-corrected chi connectivity index (χ3v) is 4.50. The van der Waals surface area contributed by atoms with Gasteiger partial charge in [0, 0.05) is 12.5 Å². The highest BCUT2D eigenvalue weighted by Crippen LogP contribution is 2.33. The van der Waals surface area contributed by atoms with Gasteiger partial charge in [-0.3, -0.25) is 14.4 Å². The van der Waals surface area contributed by atoms with E-state index in [-0.39, 0.29) is 40.5 Å². The largest absolute Gasteiger partial charge is 0.352 e. The lowest BCUT2D eigenvalue weighted by atomic mass is 9.71. The molecule has 28 heavy (non-hydrogen) atoms. The Balaban J connectivity index is 6.10. The van der Waals surface area contributed by atoms with Gasteiger partial charge < -0.3 is 16.0 Å². The Morgan fingerprint density at radius 2 is 1.29 bits per heavy atom. The van der Waals surface area contributed by atoms with Crippen molar-refractivity contribution in [1.82, 2.24) is 16.0 Å². The van der Waals surface area contributed by atoms with Crippen LogP contribution in [-0.4, -0.2) is 36.3 Å². The average Bonchev–Trinajstić information content (AvgIpc) is 2.57. The van der Waals surface area contributed by atoms with Crippen molar-refractivity contribution in [2.75, 3.05) is 6.54 Å². The number of hydrogen-bond donors (Lipinski definition) is 3. The van der Waals surface area contributed by atoms with Gasteiger partial charge in [0.1, 0.15) is 0 Å². The lowest BCUT2D eigenvalue weighted by Gasteiger charge is -2.43. The van der Waals surface area contributed by atoms with E-state index in [1.54, 1.807) is 0 Å². The van der Waals surface area contributed by atoms with Gasteiger partial charge in [-0.2, -0.15) is 0 Å². The molecule has 158 valence electrons. The molecule has 3 N–H and O–H groups in total. The fourth-order valence-corrected chi connectivity index (χ4v) is 3.13. The molecule has 6 nitrogen and oxygen atoms in total. The Labute approximate surface area is 169 Å². The molecule has 0 rings (SSSR count). The summed E-state index contributed by atoms with van der Waals surface area (Å²) in [6.07, 6.45) is 4.26. The first kappa shape index (κ1) is 25.6. The summed E-state index contributed by atoms with van der Waals surface area (Å²) in [4.78, 5) is 36.1. The molecule has 0 aliphatic heterocycles. The van der Waals surface area contributed by atoms with E-state index in [1.165, 1.54) is 18.2 Å². The minimum absolute atomic E-state index is 0.108. The van der Waals surface area contributed by atoms with Gasteiger partial charge in [-0.25, -0.2) is 0 Å². The monoisotopic (exact) mass is 391 g/mol. The zero-order valence-corrected chi connectivity index (χ0v) is 18.2. The lowest BCUT2D eigenvalue weighted by Crippen LogP contribution is -2.60. The minimum Gasteiger partial charge on any atom is -0.352 e. The van der Waals surface area contributed by atoms with Crippen molar-refractivity contribution in [1.29, 1.82) is 0 Å². The van der Waals surface area contributed by atoms with Gasteiger partial charge in [-0.15, -0.1) is 0 Å². The van der Waals surface area contributed by atoms with Crippen molar-refractivity contribution in [3.63, 3.8) is 0 Å². The fraction of sp³-hybridized carbons (Fsp3) is 0.591. The topological polar surface area (TPSA) is 87.3 Å². The standard InChI is InChI=1S/C22H37N3O3/c1-10-17(26)23-14-15(22(7,8)9)20(25-19(28)12-3)16(13-21(4,5)6)24-18(27)11-2/h10-12,15-16,20H,1-3,13-14H2,4-9H3,(H,23,26)(H,24,27)(H,25,28). The Kier molecular flexibility index (Phi) is 9.92. The van der Waals surface area contributed by atoms with Crippen LogP contribution in [0.5, 0.6) is 0 Å². The second kappa shape index (κ2) is 10.8.